The van der Waals surface area contributed by atoms with Crippen LogP contribution in [0.5, 0.6) is 0 Å². The summed E-state index contributed by atoms with van der Waals surface area (Å²) in [4.78, 5) is 15.7. The summed E-state index contributed by atoms with van der Waals surface area (Å²) in [6.07, 6.45) is 0.663. The molecule has 0 saturated carbocycles. The molecular weight excluding hydrogens is 396 g/mol. The Kier molecular flexibility index (Phi) is 4.81. The molecule has 0 spiro atoms. The first kappa shape index (κ1) is 15.7. The van der Waals surface area contributed by atoms with Crippen molar-refractivity contribution in [3.8, 4) is 0 Å². The van der Waals surface area contributed by atoms with E-state index in [0.717, 1.165) is 8.14 Å². The Bertz CT molecular complexity index is 660. The van der Waals surface area contributed by atoms with Crippen LogP contribution in [0.3, 0.4) is 0 Å². The topological polar surface area (TPSA) is 34.9 Å². The van der Waals surface area contributed by atoms with Crippen LogP contribution in [0.1, 0.15) is 16.2 Å². The van der Waals surface area contributed by atoms with E-state index in [1.165, 1.54) is 24.5 Å². The lowest BCUT2D eigenvalue weighted by Crippen LogP contribution is -2.18. The summed E-state index contributed by atoms with van der Waals surface area (Å²) in [7, 11) is 0. The van der Waals surface area contributed by atoms with Gasteiger partial charge in [0.2, 0.25) is 0 Å². The molecule has 0 bridgehead atoms. The van der Waals surface area contributed by atoms with Gasteiger partial charge in [0.05, 0.1) is 0 Å². The van der Waals surface area contributed by atoms with Gasteiger partial charge in [0.15, 0.2) is 5.78 Å². The molecule has 1 aromatic heterocycles. The van der Waals surface area contributed by atoms with E-state index in [4.69, 9.17) is 0 Å². The van der Waals surface area contributed by atoms with Crippen molar-refractivity contribution in [3.63, 3.8) is 0 Å². The average molecular weight is 406 g/mol. The summed E-state index contributed by atoms with van der Waals surface area (Å²) < 4.78 is 39.0. The molecule has 0 N–H and O–H groups in total. The van der Waals surface area contributed by atoms with E-state index in [0.29, 0.717) is 5.56 Å². The third-order valence-electron chi connectivity index (χ3n) is 2.61. The Hall–Kier alpha value is -1.64. The second-order valence-corrected chi connectivity index (χ2v) is 5.48. The van der Waals surface area contributed by atoms with Crippen molar-refractivity contribution in [2.45, 2.75) is 12.7 Å². The van der Waals surface area contributed by atoms with Gasteiger partial charge in [-0.3, -0.25) is 4.79 Å². The van der Waals surface area contributed by atoms with E-state index in [1.54, 1.807) is 24.3 Å². The summed E-state index contributed by atoms with van der Waals surface area (Å²) in [5, 5.41) is 0. The van der Waals surface area contributed by atoms with E-state index >= 15 is 0 Å². The Morgan fingerprint density at radius 2 is 1.95 bits per heavy atom. The number of alkyl halides is 3. The van der Waals surface area contributed by atoms with Gasteiger partial charge in [-0.25, -0.2) is 4.98 Å². The van der Waals surface area contributed by atoms with E-state index in [-0.39, 0.29) is 11.6 Å². The third kappa shape index (κ3) is 4.69. The molecule has 0 amide bonds. The third-order valence-corrected chi connectivity index (χ3v) is 3.33. The highest BCUT2D eigenvalue weighted by molar-refractivity contribution is 14.1. The Morgan fingerprint density at radius 3 is 2.57 bits per heavy atom. The van der Waals surface area contributed by atoms with Gasteiger partial charge in [-0.1, -0.05) is 12.1 Å². The first-order valence-electron chi connectivity index (χ1n) is 5.91. The highest BCUT2D eigenvalue weighted by atomic mass is 127. The van der Waals surface area contributed by atoms with Crippen molar-refractivity contribution in [3.05, 3.63) is 57.7 Å². The van der Waals surface area contributed by atoms with Crippen LogP contribution in [0, 0.1) is 3.57 Å². The molecule has 7 heteroatoms. The van der Waals surface area contributed by atoms with Gasteiger partial charge in [-0.15, -0.1) is 0 Å². The van der Waals surface area contributed by atoms with Crippen molar-refractivity contribution in [1.29, 1.82) is 0 Å². The minimum absolute atomic E-state index is 0.0891. The van der Waals surface area contributed by atoms with Crippen molar-refractivity contribution in [1.82, 2.24) is 9.55 Å². The van der Waals surface area contributed by atoms with Crippen LogP contribution >= 0.6 is 22.6 Å². The first-order valence-corrected chi connectivity index (χ1v) is 6.99. The van der Waals surface area contributed by atoms with E-state index < -0.39 is 12.7 Å². The number of carbonyl (C=O) groups is 1. The first-order chi connectivity index (χ1) is 9.85. The highest BCUT2D eigenvalue weighted by Gasteiger charge is 2.28. The van der Waals surface area contributed by atoms with Crippen LogP contribution in [0.25, 0.3) is 6.08 Å². The van der Waals surface area contributed by atoms with Crippen molar-refractivity contribution < 1.29 is 18.0 Å². The van der Waals surface area contributed by atoms with E-state index in [2.05, 4.69) is 27.6 Å². The smallest absolute Gasteiger partial charge is 0.322 e. The van der Waals surface area contributed by atoms with E-state index in [1.807, 2.05) is 0 Å². The van der Waals surface area contributed by atoms with Crippen LogP contribution in [0.15, 0.2) is 42.7 Å². The molecule has 110 valence electrons. The fraction of sp³-hybridized carbons (Fsp3) is 0.143. The van der Waals surface area contributed by atoms with Gasteiger partial charge in [0.25, 0.3) is 0 Å². The number of imidazole rings is 1. The second kappa shape index (κ2) is 6.42. The zero-order valence-corrected chi connectivity index (χ0v) is 12.8. The van der Waals surface area contributed by atoms with Crippen LogP contribution in [-0.4, -0.2) is 21.5 Å². The minimum Gasteiger partial charge on any atom is -0.322 e. The van der Waals surface area contributed by atoms with Crippen LogP contribution in [-0.2, 0) is 6.54 Å². The van der Waals surface area contributed by atoms with E-state index in [9.17, 15) is 18.0 Å². The molecule has 1 heterocycles. The zero-order valence-electron chi connectivity index (χ0n) is 10.6. The normalized spacial score (nSPS) is 12.0. The molecule has 0 fully saturated rings. The summed E-state index contributed by atoms with van der Waals surface area (Å²) >= 11 is 2.12. The largest absolute Gasteiger partial charge is 0.406 e. The van der Waals surface area contributed by atoms with Crippen LogP contribution < -0.4 is 0 Å². The predicted octanol–water partition coefficient (Wildman–Crippen LogP) is 3.95. The van der Waals surface area contributed by atoms with Gasteiger partial charge in [0.1, 0.15) is 12.4 Å². The average Bonchev–Trinajstić information content (AvgIpc) is 2.82. The fourth-order valence-electron chi connectivity index (χ4n) is 1.67. The molecule has 0 aliphatic heterocycles. The highest BCUT2D eigenvalue weighted by Crippen LogP contribution is 2.18. The number of allylic oxidation sites excluding steroid dienone is 1. The van der Waals surface area contributed by atoms with Gasteiger partial charge >= 0.3 is 6.18 Å². The minimum atomic E-state index is -4.33. The number of aromatic nitrogens is 2. The molecule has 2 aromatic rings. The number of carbonyl (C=O) groups excluding carboxylic acids is 1. The summed E-state index contributed by atoms with van der Waals surface area (Å²) in [6.45, 7) is -1.13. The maximum atomic E-state index is 12.4. The number of ketones is 1. The van der Waals surface area contributed by atoms with Crippen molar-refractivity contribution in [2.75, 3.05) is 0 Å². The second-order valence-electron chi connectivity index (χ2n) is 4.23. The molecule has 0 atom stereocenters. The molecule has 21 heavy (non-hydrogen) atoms. The molecule has 1 aromatic carbocycles. The monoisotopic (exact) mass is 406 g/mol. The van der Waals surface area contributed by atoms with Crippen LogP contribution in [0.4, 0.5) is 13.2 Å². The van der Waals surface area contributed by atoms with Crippen molar-refractivity contribution >= 4 is 34.5 Å². The van der Waals surface area contributed by atoms with Gasteiger partial charge in [-0.05, 0) is 46.9 Å². The number of hydrogen-bond acceptors (Lipinski definition) is 2. The Balaban J connectivity index is 2.13. The number of hydrogen-bond donors (Lipinski definition) is 0. The Labute approximate surface area is 132 Å². The maximum absolute atomic E-state index is 12.4. The fourth-order valence-corrected chi connectivity index (χ4v) is 2.03. The lowest BCUT2D eigenvalue weighted by atomic mass is 10.1. The maximum Gasteiger partial charge on any atom is 0.406 e. The molecule has 0 radical (unpaired) electrons. The Morgan fingerprint density at radius 1 is 1.29 bits per heavy atom. The summed E-state index contributed by atoms with van der Waals surface area (Å²) in [5.74, 6) is -0.195. The molecule has 0 saturated heterocycles. The lowest BCUT2D eigenvalue weighted by Gasteiger charge is -2.08. The zero-order chi connectivity index (χ0) is 15.5. The van der Waals surface area contributed by atoms with Crippen molar-refractivity contribution in [2.24, 2.45) is 0 Å². The molecule has 3 nitrogen and oxygen atoms in total. The van der Waals surface area contributed by atoms with Gasteiger partial charge in [0, 0.05) is 21.5 Å². The lowest BCUT2D eigenvalue weighted by molar-refractivity contribution is -0.140. The molecule has 0 unspecified atom stereocenters. The number of nitrogens with zero attached hydrogens (tertiary/aromatic N) is 2. The van der Waals surface area contributed by atoms with Gasteiger partial charge < -0.3 is 4.57 Å². The summed E-state index contributed by atoms with van der Waals surface area (Å²) in [6, 6.07) is 6.89. The summed E-state index contributed by atoms with van der Waals surface area (Å²) in [5.41, 5.74) is 0.473. The van der Waals surface area contributed by atoms with Crippen LogP contribution in [0.2, 0.25) is 0 Å². The SMILES string of the molecule is O=C(/C=C/c1nccn1CC(F)(F)F)c1ccc(I)cc1. The van der Waals surface area contributed by atoms with Gasteiger partial charge in [-0.2, -0.15) is 13.2 Å². The standard InChI is InChI=1S/C14H10F3IN2O/c15-14(16,17)9-20-8-7-19-13(20)6-5-12(21)10-1-3-11(18)4-2-10/h1-8H,9H2/b6-5+. The number of benzene rings is 1. The predicted molar refractivity (Wildman–Crippen MR) is 80.8 cm³/mol. The molecular formula is C14H10F3IN2O. The number of halogens is 4. The quantitative estimate of drug-likeness (QED) is 0.438. The number of rotatable bonds is 4. The molecule has 0 aliphatic carbocycles. The molecule has 0 aliphatic rings. The molecule has 2 rings (SSSR count).